The smallest absolute Gasteiger partial charge is 0.295 e. The summed E-state index contributed by atoms with van der Waals surface area (Å²) < 4.78 is 18.6. The van der Waals surface area contributed by atoms with E-state index in [1.54, 1.807) is 59.5 Å². The van der Waals surface area contributed by atoms with E-state index in [1.165, 1.54) is 15.5 Å². The zero-order valence-corrected chi connectivity index (χ0v) is 28.2. The maximum atomic E-state index is 14.2. The first kappa shape index (κ1) is 34.1. The molecule has 0 N–H and O–H groups in total. The molecule has 3 heterocycles. The Bertz CT molecular complexity index is 1900. The Labute approximate surface area is 288 Å². The lowest BCUT2D eigenvalue weighted by atomic mass is 10.1. The van der Waals surface area contributed by atoms with Gasteiger partial charge < -0.3 is 24.0 Å². The van der Waals surface area contributed by atoms with Crippen LogP contribution in [0.5, 0.6) is 11.5 Å². The van der Waals surface area contributed by atoms with Gasteiger partial charge in [0.15, 0.2) is 6.61 Å². The number of aromatic nitrogens is 2. The van der Waals surface area contributed by atoms with E-state index in [0.717, 1.165) is 0 Å². The third-order valence-electron chi connectivity index (χ3n) is 8.43. The van der Waals surface area contributed by atoms with Crippen molar-refractivity contribution in [3.63, 3.8) is 0 Å². The molecule has 2 aliphatic rings. The minimum Gasteiger partial charge on any atom is -0.489 e. The van der Waals surface area contributed by atoms with Gasteiger partial charge in [-0.2, -0.15) is 0 Å². The molecule has 0 aliphatic carbocycles. The van der Waals surface area contributed by atoms with Crippen molar-refractivity contribution in [3.8, 4) is 17.2 Å². The van der Waals surface area contributed by atoms with Crippen LogP contribution in [-0.2, 0) is 20.9 Å². The van der Waals surface area contributed by atoms with Gasteiger partial charge in [0.2, 0.25) is 5.78 Å². The fraction of sp³-hybridized carbons (Fsp3) is 0.361. The third-order valence-corrected chi connectivity index (χ3v) is 8.68. The second-order valence-electron chi connectivity index (χ2n) is 12.2. The van der Waals surface area contributed by atoms with Crippen LogP contribution in [0.15, 0.2) is 71.5 Å². The first-order chi connectivity index (χ1) is 23.7. The molecule has 49 heavy (non-hydrogen) atoms. The van der Waals surface area contributed by atoms with Crippen molar-refractivity contribution in [1.29, 1.82) is 0 Å². The highest BCUT2D eigenvalue weighted by Gasteiger charge is 2.28. The van der Waals surface area contributed by atoms with Gasteiger partial charge in [-0.05, 0) is 68.4 Å². The Morgan fingerprint density at radius 1 is 0.898 bits per heavy atom. The average molecular weight is 688 g/mol. The van der Waals surface area contributed by atoms with Crippen LogP contribution in [0, 0.1) is 0 Å². The third kappa shape index (κ3) is 7.93. The van der Waals surface area contributed by atoms with Gasteiger partial charge in [0.05, 0.1) is 42.5 Å². The van der Waals surface area contributed by atoms with Crippen molar-refractivity contribution in [2.24, 2.45) is 0 Å². The Morgan fingerprint density at radius 3 is 2.33 bits per heavy atom. The number of ketones is 1. The summed E-state index contributed by atoms with van der Waals surface area (Å²) in [5, 5.41) is 0.990. The van der Waals surface area contributed by atoms with Gasteiger partial charge in [-0.15, -0.1) is 0 Å². The molecule has 0 bridgehead atoms. The quantitative estimate of drug-likeness (QED) is 0.182. The first-order valence-electron chi connectivity index (χ1n) is 16.3. The number of ether oxygens (including phenoxy) is 3. The molecule has 2 fully saturated rings. The van der Waals surface area contributed by atoms with Crippen LogP contribution in [0.25, 0.3) is 16.6 Å². The topological polar surface area (TPSA) is 124 Å². The summed E-state index contributed by atoms with van der Waals surface area (Å²) >= 11 is 5.94. The number of fused-ring (bicyclic) bond motifs is 1. The van der Waals surface area contributed by atoms with Gasteiger partial charge in [0.1, 0.15) is 17.3 Å². The zero-order valence-electron chi connectivity index (χ0n) is 27.5. The van der Waals surface area contributed by atoms with Crippen LogP contribution in [0.2, 0.25) is 5.02 Å². The number of carbonyl (C=O) groups excluding carboxylic acids is 3. The molecule has 2 aliphatic heterocycles. The normalized spacial score (nSPS) is 15.4. The summed E-state index contributed by atoms with van der Waals surface area (Å²) in [4.78, 5) is 64.0. The minimum absolute atomic E-state index is 0.0882. The Kier molecular flexibility index (Phi) is 10.6. The average Bonchev–Trinajstić information content (AvgIpc) is 3.11. The molecule has 1 aromatic heterocycles. The number of Topliss-reactive ketones (excluding diaryl/α,β-unsaturated/α-hetero) is 1. The fourth-order valence-electron chi connectivity index (χ4n) is 5.88. The summed E-state index contributed by atoms with van der Waals surface area (Å²) in [5.74, 6) is -0.0488. The van der Waals surface area contributed by atoms with Crippen LogP contribution in [-0.4, -0.2) is 107 Å². The number of amides is 2. The van der Waals surface area contributed by atoms with Gasteiger partial charge in [0, 0.05) is 49.9 Å². The molecule has 2 saturated heterocycles. The summed E-state index contributed by atoms with van der Waals surface area (Å²) in [5.41, 5.74) is 0.668. The van der Waals surface area contributed by atoms with E-state index >= 15 is 0 Å². The molecule has 0 atom stereocenters. The number of piperazine rings is 1. The largest absolute Gasteiger partial charge is 0.489 e. The molecule has 256 valence electrons. The SMILES string of the molecule is CC(C)Oc1ccc(C(=O)C(=O)N2CCOCC2)cc1-n1c(CN2CCN(C(=O)COc3ccc(Cl)cc3)CC2)nc2ccccc2c1=O. The highest BCUT2D eigenvalue weighted by Crippen LogP contribution is 2.28. The van der Waals surface area contributed by atoms with Crippen molar-refractivity contribution < 1.29 is 28.6 Å². The number of morpholine rings is 1. The fourth-order valence-corrected chi connectivity index (χ4v) is 6.00. The summed E-state index contributed by atoms with van der Waals surface area (Å²) in [6.07, 6.45) is -0.239. The van der Waals surface area contributed by atoms with Crippen molar-refractivity contribution in [1.82, 2.24) is 24.3 Å². The van der Waals surface area contributed by atoms with Crippen molar-refractivity contribution in [2.75, 3.05) is 59.1 Å². The van der Waals surface area contributed by atoms with Gasteiger partial charge >= 0.3 is 0 Å². The van der Waals surface area contributed by atoms with Crippen LogP contribution in [0.1, 0.15) is 30.0 Å². The highest BCUT2D eigenvalue weighted by atomic mass is 35.5. The van der Waals surface area contributed by atoms with Crippen molar-refractivity contribution in [2.45, 2.75) is 26.5 Å². The second kappa shape index (κ2) is 15.2. The number of carbonyl (C=O) groups is 3. The molecule has 12 nitrogen and oxygen atoms in total. The molecule has 13 heteroatoms. The molecular weight excluding hydrogens is 650 g/mol. The van der Waals surface area contributed by atoms with Gasteiger partial charge in [0.25, 0.3) is 17.4 Å². The Balaban J connectivity index is 1.27. The molecule has 0 unspecified atom stereocenters. The number of para-hydroxylation sites is 1. The van der Waals surface area contributed by atoms with Crippen LogP contribution < -0.4 is 15.0 Å². The van der Waals surface area contributed by atoms with Crippen molar-refractivity contribution in [3.05, 3.63) is 93.5 Å². The Morgan fingerprint density at radius 2 is 1.61 bits per heavy atom. The number of halogens is 1. The summed E-state index contributed by atoms with van der Waals surface area (Å²) in [6.45, 7) is 7.35. The lowest BCUT2D eigenvalue weighted by Crippen LogP contribution is -2.50. The van der Waals surface area contributed by atoms with E-state index in [1.807, 2.05) is 19.9 Å². The summed E-state index contributed by atoms with van der Waals surface area (Å²) in [7, 11) is 0. The first-order valence-corrected chi connectivity index (χ1v) is 16.7. The predicted molar refractivity (Wildman–Crippen MR) is 184 cm³/mol. The molecule has 6 rings (SSSR count). The number of benzene rings is 3. The number of nitrogens with zero attached hydrogens (tertiary/aromatic N) is 5. The number of hydrogen-bond donors (Lipinski definition) is 0. The lowest BCUT2D eigenvalue weighted by Gasteiger charge is -2.34. The zero-order chi connectivity index (χ0) is 34.5. The highest BCUT2D eigenvalue weighted by molar-refractivity contribution is 6.42. The van der Waals surface area contributed by atoms with E-state index in [4.69, 9.17) is 30.8 Å². The van der Waals surface area contributed by atoms with E-state index in [-0.39, 0.29) is 36.3 Å². The van der Waals surface area contributed by atoms with E-state index in [2.05, 4.69) is 4.90 Å². The van der Waals surface area contributed by atoms with Crippen LogP contribution in [0.4, 0.5) is 0 Å². The predicted octanol–water partition coefficient (Wildman–Crippen LogP) is 3.59. The van der Waals surface area contributed by atoms with Crippen molar-refractivity contribution >= 4 is 40.1 Å². The van der Waals surface area contributed by atoms with E-state index in [0.29, 0.717) is 91.4 Å². The summed E-state index contributed by atoms with van der Waals surface area (Å²) in [6, 6.07) is 18.6. The lowest BCUT2D eigenvalue weighted by molar-refractivity contribution is -0.135. The maximum Gasteiger partial charge on any atom is 0.295 e. The number of hydrogen-bond acceptors (Lipinski definition) is 9. The van der Waals surface area contributed by atoms with Crippen LogP contribution >= 0.6 is 11.6 Å². The molecule has 0 saturated carbocycles. The van der Waals surface area contributed by atoms with E-state index < -0.39 is 11.7 Å². The Hall–Kier alpha value is -4.78. The maximum absolute atomic E-state index is 14.2. The second-order valence-corrected chi connectivity index (χ2v) is 12.6. The monoisotopic (exact) mass is 687 g/mol. The molecule has 0 radical (unpaired) electrons. The minimum atomic E-state index is -0.677. The molecular formula is C36H38ClN5O7. The molecule has 2 amide bonds. The molecule has 3 aromatic carbocycles. The standard InChI is InChI=1S/C36H38ClN5O7/c1-24(2)49-31-12-7-25(34(44)36(46)41-17-19-47-20-18-41)21-30(31)42-32(38-29-6-4-3-5-28(29)35(42)45)22-39-13-15-40(16-14-39)33(43)23-48-27-10-8-26(37)9-11-27/h3-12,21,24H,13-20,22-23H2,1-2H3. The number of rotatable bonds is 10. The van der Waals surface area contributed by atoms with Gasteiger partial charge in [-0.25, -0.2) is 4.98 Å². The van der Waals surface area contributed by atoms with E-state index in [9.17, 15) is 19.2 Å². The van der Waals surface area contributed by atoms with Gasteiger partial charge in [-0.1, -0.05) is 23.7 Å². The van der Waals surface area contributed by atoms with Crippen LogP contribution in [0.3, 0.4) is 0 Å². The molecule has 4 aromatic rings. The van der Waals surface area contributed by atoms with Gasteiger partial charge in [-0.3, -0.25) is 28.6 Å². The molecule has 0 spiro atoms.